The van der Waals surface area contributed by atoms with Gasteiger partial charge < -0.3 is 15.2 Å². The molecule has 0 aliphatic rings. The maximum atomic E-state index is 12.4. The van der Waals surface area contributed by atoms with Gasteiger partial charge in [-0.1, -0.05) is 68.1 Å². The topological polar surface area (TPSA) is 75.6 Å². The number of aryl methyl sites for hydroxylation is 1. The number of aliphatic hydroxyl groups excluding tert-OH is 1. The lowest BCUT2D eigenvalue weighted by atomic mass is 9.96. The van der Waals surface area contributed by atoms with Gasteiger partial charge in [-0.3, -0.25) is 4.79 Å². The van der Waals surface area contributed by atoms with Crippen molar-refractivity contribution in [1.29, 1.82) is 0 Å². The molecule has 5 nitrogen and oxygen atoms in total. The van der Waals surface area contributed by atoms with Gasteiger partial charge in [0.05, 0.1) is 18.2 Å². The van der Waals surface area contributed by atoms with Gasteiger partial charge in [0, 0.05) is 0 Å². The van der Waals surface area contributed by atoms with Crippen LogP contribution < -0.4 is 5.32 Å². The number of amides is 1. The van der Waals surface area contributed by atoms with Crippen molar-refractivity contribution in [3.05, 3.63) is 96.8 Å². The van der Waals surface area contributed by atoms with Gasteiger partial charge in [-0.15, -0.1) is 0 Å². The Hall–Kier alpha value is -3.60. The first-order valence-corrected chi connectivity index (χ1v) is 11.6. The zero-order valence-corrected chi connectivity index (χ0v) is 20.1. The highest BCUT2D eigenvalue weighted by Crippen LogP contribution is 2.21. The molecule has 34 heavy (non-hydrogen) atoms. The van der Waals surface area contributed by atoms with E-state index in [0.29, 0.717) is 24.5 Å². The van der Waals surface area contributed by atoms with E-state index < -0.39 is 6.04 Å². The summed E-state index contributed by atoms with van der Waals surface area (Å²) in [5, 5.41) is 12.9. The Labute approximate surface area is 202 Å². The third-order valence-electron chi connectivity index (χ3n) is 5.68. The Bertz CT molecular complexity index is 990. The van der Waals surface area contributed by atoms with Crippen LogP contribution in [0.2, 0.25) is 0 Å². The average molecular weight is 462 g/mol. The average Bonchev–Trinajstić information content (AvgIpc) is 2.84. The summed E-state index contributed by atoms with van der Waals surface area (Å²) in [5.41, 5.74) is 3.91. The molecule has 0 aliphatic carbocycles. The molecular weight excluding hydrogens is 426 g/mol. The largest absolute Gasteiger partial charge is 0.510 e. The fourth-order valence-corrected chi connectivity index (χ4v) is 3.58. The Morgan fingerprint density at radius 2 is 1.62 bits per heavy atom. The maximum Gasteiger partial charge on any atom is 0.338 e. The summed E-state index contributed by atoms with van der Waals surface area (Å²) in [7, 11) is 0. The van der Waals surface area contributed by atoms with Crippen LogP contribution >= 0.6 is 0 Å². The predicted octanol–water partition coefficient (Wildman–Crippen LogP) is 6.31. The van der Waals surface area contributed by atoms with Gasteiger partial charge in [-0.05, 0) is 73.9 Å². The van der Waals surface area contributed by atoms with E-state index in [0.717, 1.165) is 30.4 Å². The molecule has 180 valence electrons. The lowest BCUT2D eigenvalue weighted by Crippen LogP contribution is -2.35. The van der Waals surface area contributed by atoms with E-state index in [1.807, 2.05) is 12.1 Å². The van der Waals surface area contributed by atoms with Gasteiger partial charge in [0.15, 0.2) is 0 Å². The van der Waals surface area contributed by atoms with E-state index in [1.165, 1.54) is 23.8 Å². The SMILES string of the molecule is C=C/C=C(/O)C(CCC(C)CCCOC(=O)c1ccc(-c2ccc(C)cc2)cc1)NC(=O)C=C. The molecule has 0 radical (unpaired) electrons. The molecule has 0 spiro atoms. The zero-order valence-electron chi connectivity index (χ0n) is 20.1. The number of rotatable bonds is 13. The fourth-order valence-electron chi connectivity index (χ4n) is 3.58. The second kappa shape index (κ2) is 13.8. The molecule has 2 aromatic rings. The highest BCUT2D eigenvalue weighted by molar-refractivity contribution is 5.90. The molecule has 2 unspecified atom stereocenters. The van der Waals surface area contributed by atoms with E-state index in [-0.39, 0.29) is 17.6 Å². The normalized spacial score (nSPS) is 12.9. The van der Waals surface area contributed by atoms with E-state index >= 15 is 0 Å². The molecule has 1 amide bonds. The van der Waals surface area contributed by atoms with E-state index in [4.69, 9.17) is 4.74 Å². The van der Waals surface area contributed by atoms with Gasteiger partial charge in [0.1, 0.15) is 5.76 Å². The number of aliphatic hydroxyl groups is 1. The summed E-state index contributed by atoms with van der Waals surface area (Å²) < 4.78 is 5.44. The van der Waals surface area contributed by atoms with Crippen molar-refractivity contribution in [2.45, 2.75) is 45.6 Å². The number of carbonyl (C=O) groups is 2. The molecule has 5 heteroatoms. The molecule has 0 fully saturated rings. The van der Waals surface area contributed by atoms with Crippen LogP contribution in [0.4, 0.5) is 0 Å². The van der Waals surface area contributed by atoms with Crippen molar-refractivity contribution in [3.63, 3.8) is 0 Å². The molecule has 2 rings (SSSR count). The molecule has 2 N–H and O–H groups in total. The summed E-state index contributed by atoms with van der Waals surface area (Å²) in [6.07, 6.45) is 7.14. The second-order valence-corrected chi connectivity index (χ2v) is 8.50. The second-order valence-electron chi connectivity index (χ2n) is 8.50. The van der Waals surface area contributed by atoms with Crippen molar-refractivity contribution in [1.82, 2.24) is 5.32 Å². The smallest absolute Gasteiger partial charge is 0.338 e. The Morgan fingerprint density at radius 1 is 1.00 bits per heavy atom. The molecule has 2 aromatic carbocycles. The zero-order chi connectivity index (χ0) is 24.9. The van der Waals surface area contributed by atoms with E-state index in [1.54, 1.807) is 12.1 Å². The number of benzene rings is 2. The molecule has 0 aliphatic heterocycles. The minimum absolute atomic E-state index is 0.0692. The number of carbonyl (C=O) groups excluding carboxylic acids is 2. The van der Waals surface area contributed by atoms with Gasteiger partial charge in [-0.25, -0.2) is 4.79 Å². The first-order valence-electron chi connectivity index (χ1n) is 11.6. The molecular formula is C29H35NO4. The predicted molar refractivity (Wildman–Crippen MR) is 138 cm³/mol. The molecule has 0 saturated carbocycles. The van der Waals surface area contributed by atoms with Gasteiger partial charge in [-0.2, -0.15) is 0 Å². The number of hydrogen-bond donors (Lipinski definition) is 2. The first kappa shape index (κ1) is 26.7. The van der Waals surface area contributed by atoms with Crippen LogP contribution in [0.5, 0.6) is 0 Å². The number of hydrogen-bond acceptors (Lipinski definition) is 4. The molecule has 2 atom stereocenters. The number of nitrogens with one attached hydrogen (secondary N) is 1. The van der Waals surface area contributed by atoms with Crippen molar-refractivity contribution < 1.29 is 19.4 Å². The summed E-state index contributed by atoms with van der Waals surface area (Å²) >= 11 is 0. The minimum atomic E-state index is -0.480. The Balaban J connectivity index is 1.75. The third kappa shape index (κ3) is 8.74. The van der Waals surface area contributed by atoms with Crippen LogP contribution in [0.3, 0.4) is 0 Å². The van der Waals surface area contributed by atoms with Crippen LogP contribution in [-0.4, -0.2) is 29.6 Å². The third-order valence-corrected chi connectivity index (χ3v) is 5.68. The van der Waals surface area contributed by atoms with Gasteiger partial charge >= 0.3 is 5.97 Å². The van der Waals surface area contributed by atoms with Crippen LogP contribution in [-0.2, 0) is 9.53 Å². The quantitative estimate of drug-likeness (QED) is 0.120. The van der Waals surface area contributed by atoms with Crippen molar-refractivity contribution >= 4 is 11.9 Å². The number of allylic oxidation sites excluding steroid dienone is 2. The Morgan fingerprint density at radius 3 is 2.21 bits per heavy atom. The Kier molecular flexibility index (Phi) is 10.8. The lowest BCUT2D eigenvalue weighted by molar-refractivity contribution is -0.117. The van der Waals surface area contributed by atoms with Gasteiger partial charge in [0.25, 0.3) is 0 Å². The van der Waals surface area contributed by atoms with E-state index in [9.17, 15) is 14.7 Å². The monoisotopic (exact) mass is 461 g/mol. The number of ether oxygens (including phenoxy) is 1. The first-order chi connectivity index (χ1) is 16.3. The van der Waals surface area contributed by atoms with Crippen molar-refractivity contribution in [2.75, 3.05) is 6.61 Å². The minimum Gasteiger partial charge on any atom is -0.510 e. The number of esters is 1. The fraction of sp³-hybridized carbons (Fsp3) is 0.310. The summed E-state index contributed by atoms with van der Waals surface area (Å²) in [5.74, 6) is -0.248. The standard InChI is InChI=1S/C29H35NO4/c1-5-8-27(31)26(30-28(32)6-2)19-12-21(3)9-7-20-34-29(33)25-17-15-24(16-18-25)23-13-10-22(4)11-14-23/h5-6,8,10-11,13-18,21,26,31H,1-2,7,9,12,19-20H2,3-4H3,(H,30,32)/b27-8+. The highest BCUT2D eigenvalue weighted by atomic mass is 16.5. The van der Waals surface area contributed by atoms with Crippen molar-refractivity contribution in [3.8, 4) is 11.1 Å². The summed E-state index contributed by atoms with van der Waals surface area (Å²) in [4.78, 5) is 24.0. The van der Waals surface area contributed by atoms with E-state index in [2.05, 4.69) is 56.6 Å². The van der Waals surface area contributed by atoms with Gasteiger partial charge in [0.2, 0.25) is 5.91 Å². The highest BCUT2D eigenvalue weighted by Gasteiger charge is 2.16. The van der Waals surface area contributed by atoms with Crippen LogP contribution in [0, 0.1) is 12.8 Å². The van der Waals surface area contributed by atoms with Crippen molar-refractivity contribution in [2.24, 2.45) is 5.92 Å². The molecule has 0 aromatic heterocycles. The maximum absolute atomic E-state index is 12.4. The van der Waals surface area contributed by atoms with Crippen LogP contribution in [0.25, 0.3) is 11.1 Å². The summed E-state index contributed by atoms with van der Waals surface area (Å²) in [6, 6.07) is 15.2. The van der Waals surface area contributed by atoms with Crippen LogP contribution in [0.15, 0.2) is 85.7 Å². The molecule has 0 saturated heterocycles. The van der Waals surface area contributed by atoms with Crippen LogP contribution in [0.1, 0.15) is 48.5 Å². The summed E-state index contributed by atoms with van der Waals surface area (Å²) in [6.45, 7) is 11.5. The molecule has 0 heterocycles. The molecule has 0 bridgehead atoms. The lowest BCUT2D eigenvalue weighted by Gasteiger charge is -2.19.